The highest BCUT2D eigenvalue weighted by Crippen LogP contribution is 2.32. The zero-order valence-electron chi connectivity index (χ0n) is 16.1. The number of hydrogen-bond acceptors (Lipinski definition) is 2. The van der Waals surface area contributed by atoms with Crippen LogP contribution in [-0.2, 0) is 16.0 Å². The molecule has 0 bridgehead atoms. The molecule has 0 aliphatic carbocycles. The van der Waals surface area contributed by atoms with Gasteiger partial charge in [-0.1, -0.05) is 18.2 Å². The molecule has 2 amide bonds. The summed E-state index contributed by atoms with van der Waals surface area (Å²) in [6.45, 7) is 5.21. The van der Waals surface area contributed by atoms with Crippen molar-refractivity contribution in [2.75, 3.05) is 26.2 Å². The van der Waals surface area contributed by atoms with Crippen molar-refractivity contribution in [3.63, 3.8) is 0 Å². The number of carbonyl (C=O) groups is 2. The molecule has 1 unspecified atom stereocenters. The average Bonchev–Trinajstić information content (AvgIpc) is 3.34. The van der Waals surface area contributed by atoms with Crippen LogP contribution in [0.3, 0.4) is 0 Å². The van der Waals surface area contributed by atoms with Crippen molar-refractivity contribution in [3.05, 3.63) is 36.0 Å². The van der Waals surface area contributed by atoms with Gasteiger partial charge in [-0.05, 0) is 49.1 Å². The minimum atomic E-state index is 0.189. The third-order valence-electron chi connectivity index (χ3n) is 6.51. The highest BCUT2D eigenvalue weighted by molar-refractivity contribution is 5.84. The van der Waals surface area contributed by atoms with E-state index < -0.39 is 0 Å². The van der Waals surface area contributed by atoms with E-state index in [2.05, 4.69) is 22.0 Å². The average molecular weight is 367 g/mol. The van der Waals surface area contributed by atoms with Gasteiger partial charge in [0.05, 0.1) is 0 Å². The molecule has 1 atom stereocenters. The standard InChI is InChI=1S/C22H29N3O2/c1-16(26)24-11-8-17(9-12-24)19-10-13-25(15-19)22(27)7-6-18-14-23-21-5-3-2-4-20(18)21/h2-5,14,17,19,23H,6-13,15H2,1H3. The number of aromatic amines is 1. The summed E-state index contributed by atoms with van der Waals surface area (Å²) < 4.78 is 0. The van der Waals surface area contributed by atoms with Crippen molar-refractivity contribution >= 4 is 22.7 Å². The minimum Gasteiger partial charge on any atom is -0.361 e. The molecule has 2 aromatic rings. The number of benzene rings is 1. The van der Waals surface area contributed by atoms with Crippen LogP contribution in [0.15, 0.2) is 30.5 Å². The third-order valence-corrected chi connectivity index (χ3v) is 6.51. The number of aryl methyl sites for hydroxylation is 1. The Balaban J connectivity index is 1.27. The number of hydrogen-bond donors (Lipinski definition) is 1. The quantitative estimate of drug-likeness (QED) is 0.902. The van der Waals surface area contributed by atoms with Gasteiger partial charge in [0, 0.05) is 56.6 Å². The number of likely N-dealkylation sites (tertiary alicyclic amines) is 2. The number of para-hydroxylation sites is 1. The highest BCUT2D eigenvalue weighted by Gasteiger charge is 2.33. The zero-order valence-corrected chi connectivity index (χ0v) is 16.1. The molecule has 144 valence electrons. The normalized spacial score (nSPS) is 21.1. The predicted octanol–water partition coefficient (Wildman–Crippen LogP) is 3.21. The maximum absolute atomic E-state index is 12.7. The first kappa shape index (κ1) is 18.1. The second kappa shape index (κ2) is 7.75. The maximum atomic E-state index is 12.7. The molecule has 4 rings (SSSR count). The Morgan fingerprint density at radius 1 is 1.04 bits per heavy atom. The lowest BCUT2D eigenvalue weighted by molar-refractivity contribution is -0.130. The molecule has 2 aliphatic rings. The Morgan fingerprint density at radius 2 is 1.74 bits per heavy atom. The number of nitrogens with zero attached hydrogens (tertiary/aromatic N) is 2. The number of rotatable bonds is 4. The molecule has 1 N–H and O–H groups in total. The summed E-state index contributed by atoms with van der Waals surface area (Å²) in [7, 11) is 0. The summed E-state index contributed by atoms with van der Waals surface area (Å²) in [5.74, 6) is 1.74. The lowest BCUT2D eigenvalue weighted by Crippen LogP contribution is -2.39. The lowest BCUT2D eigenvalue weighted by Gasteiger charge is -2.34. The topological polar surface area (TPSA) is 56.4 Å². The van der Waals surface area contributed by atoms with E-state index in [4.69, 9.17) is 0 Å². The Morgan fingerprint density at radius 3 is 2.52 bits per heavy atom. The molecule has 5 nitrogen and oxygen atoms in total. The number of piperidine rings is 1. The van der Waals surface area contributed by atoms with E-state index >= 15 is 0 Å². The van der Waals surface area contributed by atoms with Gasteiger partial charge in [0.15, 0.2) is 0 Å². The Labute approximate surface area is 160 Å². The number of fused-ring (bicyclic) bond motifs is 1. The van der Waals surface area contributed by atoms with Crippen molar-refractivity contribution < 1.29 is 9.59 Å². The van der Waals surface area contributed by atoms with Crippen LogP contribution in [-0.4, -0.2) is 52.8 Å². The molecule has 27 heavy (non-hydrogen) atoms. The fourth-order valence-electron chi connectivity index (χ4n) is 4.82. The van der Waals surface area contributed by atoms with E-state index in [0.29, 0.717) is 18.3 Å². The van der Waals surface area contributed by atoms with Crippen LogP contribution in [0.2, 0.25) is 0 Å². The summed E-state index contributed by atoms with van der Waals surface area (Å²) in [4.78, 5) is 31.5. The molecule has 0 radical (unpaired) electrons. The van der Waals surface area contributed by atoms with Crippen molar-refractivity contribution in [3.8, 4) is 0 Å². The van der Waals surface area contributed by atoms with Gasteiger partial charge >= 0.3 is 0 Å². The SMILES string of the molecule is CC(=O)N1CCC(C2CCN(C(=O)CCc3c[nH]c4ccccc34)C2)CC1. The largest absolute Gasteiger partial charge is 0.361 e. The fraction of sp³-hybridized carbons (Fsp3) is 0.545. The molecule has 2 fully saturated rings. The molecule has 5 heteroatoms. The molecule has 2 aliphatic heterocycles. The van der Waals surface area contributed by atoms with Gasteiger partial charge in [-0.3, -0.25) is 9.59 Å². The number of nitrogens with one attached hydrogen (secondary N) is 1. The second-order valence-corrected chi connectivity index (χ2v) is 8.09. The zero-order chi connectivity index (χ0) is 18.8. The predicted molar refractivity (Wildman–Crippen MR) is 106 cm³/mol. The Hall–Kier alpha value is -2.30. The van der Waals surface area contributed by atoms with Crippen LogP contribution >= 0.6 is 0 Å². The molecule has 2 saturated heterocycles. The summed E-state index contributed by atoms with van der Waals surface area (Å²) in [6.07, 6.45) is 6.69. The number of aromatic nitrogens is 1. The molecular weight excluding hydrogens is 338 g/mol. The number of carbonyl (C=O) groups excluding carboxylic acids is 2. The van der Waals surface area contributed by atoms with Crippen molar-refractivity contribution in [2.45, 2.75) is 39.0 Å². The minimum absolute atomic E-state index is 0.189. The Kier molecular flexibility index (Phi) is 5.19. The maximum Gasteiger partial charge on any atom is 0.222 e. The van der Waals surface area contributed by atoms with E-state index in [0.717, 1.165) is 57.4 Å². The van der Waals surface area contributed by atoms with Gasteiger partial charge < -0.3 is 14.8 Å². The Bertz CT molecular complexity index is 820. The smallest absolute Gasteiger partial charge is 0.222 e. The number of H-pyrrole nitrogens is 1. The molecular formula is C22H29N3O2. The van der Waals surface area contributed by atoms with Gasteiger partial charge in [-0.2, -0.15) is 0 Å². The van der Waals surface area contributed by atoms with Crippen LogP contribution in [0.1, 0.15) is 38.2 Å². The molecule has 0 spiro atoms. The second-order valence-electron chi connectivity index (χ2n) is 8.09. The van der Waals surface area contributed by atoms with Gasteiger partial charge in [0.1, 0.15) is 0 Å². The highest BCUT2D eigenvalue weighted by atomic mass is 16.2. The van der Waals surface area contributed by atoms with E-state index in [-0.39, 0.29) is 11.8 Å². The number of amides is 2. The van der Waals surface area contributed by atoms with Crippen LogP contribution in [0.4, 0.5) is 0 Å². The first-order valence-corrected chi connectivity index (χ1v) is 10.2. The molecule has 1 aromatic heterocycles. The van der Waals surface area contributed by atoms with Crippen molar-refractivity contribution in [2.24, 2.45) is 11.8 Å². The lowest BCUT2D eigenvalue weighted by atomic mass is 9.84. The van der Waals surface area contributed by atoms with Crippen LogP contribution in [0, 0.1) is 11.8 Å². The summed E-state index contributed by atoms with van der Waals surface area (Å²) in [5.41, 5.74) is 2.37. The van der Waals surface area contributed by atoms with Crippen molar-refractivity contribution in [1.82, 2.24) is 14.8 Å². The summed E-state index contributed by atoms with van der Waals surface area (Å²) >= 11 is 0. The molecule has 1 aromatic carbocycles. The summed E-state index contributed by atoms with van der Waals surface area (Å²) in [5, 5.41) is 1.22. The van der Waals surface area contributed by atoms with Crippen LogP contribution in [0.25, 0.3) is 10.9 Å². The molecule has 3 heterocycles. The van der Waals surface area contributed by atoms with Gasteiger partial charge in [-0.15, -0.1) is 0 Å². The van der Waals surface area contributed by atoms with Crippen LogP contribution in [0.5, 0.6) is 0 Å². The monoisotopic (exact) mass is 367 g/mol. The van der Waals surface area contributed by atoms with Gasteiger partial charge in [-0.25, -0.2) is 0 Å². The van der Waals surface area contributed by atoms with Gasteiger partial charge in [0.2, 0.25) is 11.8 Å². The van der Waals surface area contributed by atoms with E-state index in [1.165, 1.54) is 10.9 Å². The molecule has 0 saturated carbocycles. The first-order valence-electron chi connectivity index (χ1n) is 10.2. The summed E-state index contributed by atoms with van der Waals surface area (Å²) in [6, 6.07) is 8.26. The first-order chi connectivity index (χ1) is 13.1. The van der Waals surface area contributed by atoms with Crippen LogP contribution < -0.4 is 0 Å². The van der Waals surface area contributed by atoms with E-state index in [1.54, 1.807) is 6.92 Å². The fourth-order valence-corrected chi connectivity index (χ4v) is 4.82. The van der Waals surface area contributed by atoms with Crippen molar-refractivity contribution in [1.29, 1.82) is 0 Å². The third kappa shape index (κ3) is 3.87. The van der Waals surface area contributed by atoms with E-state index in [9.17, 15) is 9.59 Å². The van der Waals surface area contributed by atoms with Gasteiger partial charge in [0.25, 0.3) is 0 Å². The van der Waals surface area contributed by atoms with E-state index in [1.807, 2.05) is 23.2 Å².